The Hall–Kier alpha value is -0.350. The summed E-state index contributed by atoms with van der Waals surface area (Å²) in [6, 6.07) is 5.95. The minimum atomic E-state index is 0.416. The number of anilines is 2. The number of halogens is 1. The smallest absolute Gasteiger partial charge is 0.0486 e. The molecule has 1 aliphatic rings. The number of hydrogen-bond acceptors (Lipinski definition) is 3. The van der Waals surface area contributed by atoms with Gasteiger partial charge in [0, 0.05) is 27.1 Å². The second-order valence-electron chi connectivity index (χ2n) is 5.04. The Labute approximate surface area is 122 Å². The van der Waals surface area contributed by atoms with Gasteiger partial charge in [-0.3, -0.25) is 0 Å². The summed E-state index contributed by atoms with van der Waals surface area (Å²) in [5.74, 6) is 0. The first-order valence-electron chi connectivity index (χ1n) is 6.49. The Morgan fingerprint density at radius 3 is 2.67 bits per heavy atom. The van der Waals surface area contributed by atoms with Crippen LogP contribution in [0.25, 0.3) is 0 Å². The SMILES string of the molecule is CSC1(CNc2ccc(N)cc2Br)CCCCC1. The summed E-state index contributed by atoms with van der Waals surface area (Å²) in [7, 11) is 0. The van der Waals surface area contributed by atoms with E-state index in [2.05, 4.69) is 33.6 Å². The van der Waals surface area contributed by atoms with Crippen LogP contribution in [-0.2, 0) is 0 Å². The molecule has 1 aliphatic carbocycles. The third-order valence-corrected chi connectivity index (χ3v) is 5.87. The lowest BCUT2D eigenvalue weighted by atomic mass is 9.88. The zero-order valence-corrected chi connectivity index (χ0v) is 13.2. The summed E-state index contributed by atoms with van der Waals surface area (Å²) in [6.07, 6.45) is 9.03. The summed E-state index contributed by atoms with van der Waals surface area (Å²) >= 11 is 5.58. The first-order valence-corrected chi connectivity index (χ1v) is 8.51. The van der Waals surface area contributed by atoms with Crippen LogP contribution in [0.1, 0.15) is 32.1 Å². The van der Waals surface area contributed by atoms with Crippen molar-refractivity contribution in [2.24, 2.45) is 0 Å². The molecular weight excluding hydrogens is 308 g/mol. The molecule has 0 bridgehead atoms. The summed E-state index contributed by atoms with van der Waals surface area (Å²) in [4.78, 5) is 0. The normalized spacial score (nSPS) is 18.6. The molecule has 0 heterocycles. The molecule has 0 radical (unpaired) electrons. The Morgan fingerprint density at radius 2 is 2.06 bits per heavy atom. The van der Waals surface area contributed by atoms with Crippen LogP contribution in [-0.4, -0.2) is 17.5 Å². The van der Waals surface area contributed by atoms with E-state index < -0.39 is 0 Å². The Kier molecular flexibility index (Phi) is 4.84. The van der Waals surface area contributed by atoms with Gasteiger partial charge >= 0.3 is 0 Å². The van der Waals surface area contributed by atoms with E-state index >= 15 is 0 Å². The van der Waals surface area contributed by atoms with Crippen molar-refractivity contribution < 1.29 is 0 Å². The van der Waals surface area contributed by atoms with Crippen LogP contribution in [0.15, 0.2) is 22.7 Å². The van der Waals surface area contributed by atoms with Crippen molar-refractivity contribution in [3.05, 3.63) is 22.7 Å². The zero-order valence-electron chi connectivity index (χ0n) is 10.8. The number of thioether (sulfide) groups is 1. The van der Waals surface area contributed by atoms with E-state index in [1.165, 1.54) is 32.1 Å². The average molecular weight is 329 g/mol. The third-order valence-electron chi connectivity index (χ3n) is 3.79. The maximum absolute atomic E-state index is 5.76. The maximum Gasteiger partial charge on any atom is 0.0486 e. The Balaban J connectivity index is 2.01. The standard InChI is InChI=1S/C14H21BrN2S/c1-18-14(7-3-2-4-8-14)10-17-13-6-5-11(16)9-12(13)15/h5-6,9,17H,2-4,7-8,10,16H2,1H3. The van der Waals surface area contributed by atoms with E-state index in [1.807, 2.05) is 23.9 Å². The fourth-order valence-corrected chi connectivity index (χ4v) is 4.03. The van der Waals surface area contributed by atoms with Crippen molar-refractivity contribution in [1.82, 2.24) is 0 Å². The largest absolute Gasteiger partial charge is 0.399 e. The molecular formula is C14H21BrN2S. The molecule has 0 atom stereocenters. The minimum absolute atomic E-state index is 0.416. The molecule has 0 amide bonds. The van der Waals surface area contributed by atoms with E-state index in [1.54, 1.807) is 0 Å². The van der Waals surface area contributed by atoms with E-state index in [-0.39, 0.29) is 0 Å². The summed E-state index contributed by atoms with van der Waals surface area (Å²) < 4.78 is 1.47. The van der Waals surface area contributed by atoms with E-state index in [4.69, 9.17) is 5.73 Å². The molecule has 0 unspecified atom stereocenters. The Morgan fingerprint density at radius 1 is 1.33 bits per heavy atom. The second kappa shape index (κ2) is 6.20. The lowest BCUT2D eigenvalue weighted by Gasteiger charge is -2.36. The van der Waals surface area contributed by atoms with Crippen molar-refractivity contribution in [3.63, 3.8) is 0 Å². The topological polar surface area (TPSA) is 38.0 Å². The molecule has 4 heteroatoms. The zero-order chi connectivity index (χ0) is 13.0. The van der Waals surface area contributed by atoms with Gasteiger partial charge in [-0.1, -0.05) is 19.3 Å². The van der Waals surface area contributed by atoms with Crippen LogP contribution >= 0.6 is 27.7 Å². The van der Waals surface area contributed by atoms with E-state index in [0.29, 0.717) is 4.75 Å². The highest BCUT2D eigenvalue weighted by atomic mass is 79.9. The fraction of sp³-hybridized carbons (Fsp3) is 0.571. The van der Waals surface area contributed by atoms with Crippen LogP contribution in [0.4, 0.5) is 11.4 Å². The van der Waals surface area contributed by atoms with E-state index in [0.717, 1.165) is 22.4 Å². The molecule has 100 valence electrons. The summed E-state index contributed by atoms with van der Waals surface area (Å²) in [5.41, 5.74) is 7.69. The fourth-order valence-electron chi connectivity index (χ4n) is 2.58. The molecule has 1 aromatic rings. The molecule has 0 aromatic heterocycles. The highest BCUT2D eigenvalue weighted by Crippen LogP contribution is 2.39. The quantitative estimate of drug-likeness (QED) is 0.798. The molecule has 18 heavy (non-hydrogen) atoms. The molecule has 1 fully saturated rings. The lowest BCUT2D eigenvalue weighted by molar-refractivity contribution is 0.411. The van der Waals surface area contributed by atoms with Gasteiger partial charge in [0.15, 0.2) is 0 Å². The van der Waals surface area contributed by atoms with Crippen LogP contribution < -0.4 is 11.1 Å². The Bertz CT molecular complexity index is 403. The highest BCUT2D eigenvalue weighted by molar-refractivity contribution is 9.10. The highest BCUT2D eigenvalue weighted by Gasteiger charge is 2.30. The molecule has 0 saturated heterocycles. The van der Waals surface area contributed by atoms with Gasteiger partial charge in [0.05, 0.1) is 0 Å². The van der Waals surface area contributed by atoms with Crippen LogP contribution in [0, 0.1) is 0 Å². The monoisotopic (exact) mass is 328 g/mol. The average Bonchev–Trinajstić information content (AvgIpc) is 2.39. The molecule has 3 N–H and O–H groups in total. The van der Waals surface area contributed by atoms with Gasteiger partial charge in [-0.2, -0.15) is 11.8 Å². The van der Waals surface area contributed by atoms with Crippen molar-refractivity contribution in [3.8, 4) is 0 Å². The number of nitrogens with one attached hydrogen (secondary N) is 1. The number of rotatable bonds is 4. The van der Waals surface area contributed by atoms with Gasteiger partial charge in [0.1, 0.15) is 0 Å². The van der Waals surface area contributed by atoms with Gasteiger partial charge in [-0.15, -0.1) is 0 Å². The first kappa shape index (κ1) is 14.1. The number of nitrogen functional groups attached to an aromatic ring is 1. The number of benzene rings is 1. The van der Waals surface area contributed by atoms with E-state index in [9.17, 15) is 0 Å². The summed E-state index contributed by atoms with van der Waals surface area (Å²) in [5, 5.41) is 3.58. The predicted molar refractivity (Wildman–Crippen MR) is 86.4 cm³/mol. The van der Waals surface area contributed by atoms with Crippen LogP contribution in [0.3, 0.4) is 0 Å². The van der Waals surface area contributed by atoms with Gasteiger partial charge in [0.2, 0.25) is 0 Å². The molecule has 0 aliphatic heterocycles. The van der Waals surface area contributed by atoms with Crippen LogP contribution in [0.5, 0.6) is 0 Å². The first-order chi connectivity index (χ1) is 8.65. The number of nitrogens with two attached hydrogens (primary N) is 1. The summed E-state index contributed by atoms with van der Waals surface area (Å²) in [6.45, 7) is 1.04. The molecule has 1 aromatic carbocycles. The van der Waals surface area contributed by atoms with Crippen molar-refractivity contribution in [2.75, 3.05) is 23.9 Å². The predicted octanol–water partition coefficient (Wildman–Crippen LogP) is 4.51. The second-order valence-corrected chi connectivity index (χ2v) is 7.17. The van der Waals surface area contributed by atoms with Gasteiger partial charge in [-0.05, 0) is 53.2 Å². The minimum Gasteiger partial charge on any atom is -0.399 e. The molecule has 0 spiro atoms. The van der Waals surface area contributed by atoms with Crippen molar-refractivity contribution in [1.29, 1.82) is 0 Å². The van der Waals surface area contributed by atoms with Gasteiger partial charge in [-0.25, -0.2) is 0 Å². The van der Waals surface area contributed by atoms with Crippen molar-refractivity contribution in [2.45, 2.75) is 36.9 Å². The number of hydrogen-bond donors (Lipinski definition) is 2. The lowest BCUT2D eigenvalue weighted by Crippen LogP contribution is -2.35. The molecule has 2 nitrogen and oxygen atoms in total. The van der Waals surface area contributed by atoms with Crippen LogP contribution in [0.2, 0.25) is 0 Å². The molecule has 2 rings (SSSR count). The van der Waals surface area contributed by atoms with Crippen molar-refractivity contribution >= 4 is 39.1 Å². The van der Waals surface area contributed by atoms with Gasteiger partial charge in [0.25, 0.3) is 0 Å². The third kappa shape index (κ3) is 3.35. The molecule has 1 saturated carbocycles. The maximum atomic E-state index is 5.76. The van der Waals surface area contributed by atoms with Gasteiger partial charge < -0.3 is 11.1 Å².